The predicted molar refractivity (Wildman–Crippen MR) is 89.1 cm³/mol. The summed E-state index contributed by atoms with van der Waals surface area (Å²) in [6.45, 7) is 4.02. The van der Waals surface area contributed by atoms with Gasteiger partial charge in [-0.1, -0.05) is 28.1 Å². The molecule has 2 aromatic carbocycles. The van der Waals surface area contributed by atoms with Gasteiger partial charge in [0.1, 0.15) is 0 Å². The highest BCUT2D eigenvalue weighted by Crippen LogP contribution is 2.23. The molecular weight excluding hydrogens is 312 g/mol. The van der Waals surface area contributed by atoms with Crippen molar-refractivity contribution in [2.75, 3.05) is 5.32 Å². The van der Waals surface area contributed by atoms with Gasteiger partial charge in [0.2, 0.25) is 0 Å². The highest BCUT2D eigenvalue weighted by molar-refractivity contribution is 9.10. The molecule has 102 valence electrons. The number of aromatic nitrogens is 1. The average Bonchev–Trinajstić information content (AvgIpc) is 2.92. The summed E-state index contributed by atoms with van der Waals surface area (Å²) in [7, 11) is 0. The Labute approximate surface area is 127 Å². The molecule has 0 spiro atoms. The largest absolute Gasteiger partial charge is 0.379 e. The van der Waals surface area contributed by atoms with E-state index in [0.29, 0.717) is 0 Å². The quantitative estimate of drug-likeness (QED) is 0.710. The summed E-state index contributed by atoms with van der Waals surface area (Å²) >= 11 is 3.51. The summed E-state index contributed by atoms with van der Waals surface area (Å²) in [5, 5.41) is 6.00. The number of nitrogens with one attached hydrogen (secondary N) is 1. The molecule has 0 fully saturated rings. The summed E-state index contributed by atoms with van der Waals surface area (Å²) in [4.78, 5) is 0. The van der Waals surface area contributed by atoms with Crippen LogP contribution in [0, 0.1) is 0 Å². The molecule has 3 heteroatoms. The first-order valence-electron chi connectivity index (χ1n) is 6.83. The number of anilines is 1. The van der Waals surface area contributed by atoms with Gasteiger partial charge in [0, 0.05) is 28.6 Å². The van der Waals surface area contributed by atoms with Gasteiger partial charge in [0.05, 0.1) is 6.54 Å². The molecule has 1 heterocycles. The second-order valence-corrected chi connectivity index (χ2v) is 5.76. The summed E-state index contributed by atoms with van der Waals surface area (Å²) in [5.41, 5.74) is 2.46. The number of aryl methyl sites for hydroxylation is 1. The van der Waals surface area contributed by atoms with Crippen LogP contribution in [0.3, 0.4) is 0 Å². The van der Waals surface area contributed by atoms with Gasteiger partial charge in [-0.2, -0.15) is 0 Å². The fraction of sp³-hybridized carbons (Fsp3) is 0.176. The Kier molecular flexibility index (Phi) is 3.79. The van der Waals surface area contributed by atoms with Crippen molar-refractivity contribution in [1.29, 1.82) is 0 Å². The van der Waals surface area contributed by atoms with E-state index in [1.807, 2.05) is 0 Å². The summed E-state index contributed by atoms with van der Waals surface area (Å²) in [6.07, 6.45) is 2.12. The maximum Gasteiger partial charge on any atom is 0.0553 e. The smallest absolute Gasteiger partial charge is 0.0553 e. The summed E-state index contributed by atoms with van der Waals surface area (Å²) < 4.78 is 3.37. The Morgan fingerprint density at radius 2 is 1.85 bits per heavy atom. The first-order chi connectivity index (χ1) is 9.76. The normalized spacial score (nSPS) is 10.9. The number of benzene rings is 2. The van der Waals surface area contributed by atoms with Crippen LogP contribution in [0.1, 0.15) is 12.6 Å². The molecule has 0 saturated heterocycles. The highest BCUT2D eigenvalue weighted by Gasteiger charge is 2.00. The third-order valence-corrected chi connectivity index (χ3v) is 4.03. The molecule has 1 N–H and O–H groups in total. The lowest BCUT2D eigenvalue weighted by Crippen LogP contribution is -2.05. The van der Waals surface area contributed by atoms with Gasteiger partial charge in [-0.3, -0.25) is 0 Å². The molecule has 3 rings (SSSR count). The molecule has 0 atom stereocenters. The van der Waals surface area contributed by atoms with Crippen molar-refractivity contribution in [1.82, 2.24) is 4.57 Å². The fourth-order valence-electron chi connectivity index (χ4n) is 2.44. The highest BCUT2D eigenvalue weighted by atomic mass is 79.9. The topological polar surface area (TPSA) is 17.0 Å². The molecule has 0 radical (unpaired) electrons. The third kappa shape index (κ3) is 2.73. The monoisotopic (exact) mass is 328 g/mol. The van der Waals surface area contributed by atoms with E-state index < -0.39 is 0 Å². The van der Waals surface area contributed by atoms with Crippen molar-refractivity contribution in [3.63, 3.8) is 0 Å². The Morgan fingerprint density at radius 3 is 2.70 bits per heavy atom. The van der Waals surface area contributed by atoms with E-state index >= 15 is 0 Å². The maximum atomic E-state index is 3.51. The molecule has 0 unspecified atom stereocenters. The number of halogens is 1. The Hall–Kier alpha value is -1.74. The van der Waals surface area contributed by atoms with Gasteiger partial charge in [-0.05, 0) is 54.1 Å². The van der Waals surface area contributed by atoms with Crippen molar-refractivity contribution in [2.45, 2.75) is 20.0 Å². The first kappa shape index (κ1) is 13.3. The van der Waals surface area contributed by atoms with Crippen LogP contribution in [-0.2, 0) is 13.1 Å². The van der Waals surface area contributed by atoms with Gasteiger partial charge < -0.3 is 9.88 Å². The van der Waals surface area contributed by atoms with Crippen molar-refractivity contribution >= 4 is 32.4 Å². The van der Waals surface area contributed by atoms with Gasteiger partial charge in [-0.15, -0.1) is 0 Å². The van der Waals surface area contributed by atoms with Gasteiger partial charge in [0.15, 0.2) is 0 Å². The van der Waals surface area contributed by atoms with Crippen molar-refractivity contribution in [3.05, 3.63) is 64.9 Å². The molecule has 0 saturated carbocycles. The first-order valence-corrected chi connectivity index (χ1v) is 7.63. The Bertz CT molecular complexity index is 731. The number of hydrogen-bond acceptors (Lipinski definition) is 1. The molecule has 0 aliphatic heterocycles. The molecule has 1 aromatic heterocycles. The van der Waals surface area contributed by atoms with Crippen LogP contribution < -0.4 is 5.32 Å². The van der Waals surface area contributed by atoms with Crippen LogP contribution in [0.4, 0.5) is 5.69 Å². The SMILES string of the molecule is CCn1cccc1CNc1ccc2cc(Br)ccc2c1. The second-order valence-electron chi connectivity index (χ2n) is 4.85. The fourth-order valence-corrected chi connectivity index (χ4v) is 2.82. The molecule has 0 aliphatic rings. The van der Waals surface area contributed by atoms with Crippen LogP contribution in [0.25, 0.3) is 10.8 Å². The minimum absolute atomic E-state index is 0.850. The number of fused-ring (bicyclic) bond motifs is 1. The van der Waals surface area contributed by atoms with E-state index in [1.165, 1.54) is 16.5 Å². The number of nitrogens with zero attached hydrogens (tertiary/aromatic N) is 1. The maximum absolute atomic E-state index is 3.51. The number of rotatable bonds is 4. The molecule has 2 nitrogen and oxygen atoms in total. The minimum atomic E-state index is 0.850. The zero-order valence-corrected chi connectivity index (χ0v) is 13.0. The van der Waals surface area contributed by atoms with Crippen molar-refractivity contribution in [3.8, 4) is 0 Å². The molecule has 0 bridgehead atoms. The van der Waals surface area contributed by atoms with E-state index in [1.54, 1.807) is 0 Å². The minimum Gasteiger partial charge on any atom is -0.379 e. The van der Waals surface area contributed by atoms with E-state index in [-0.39, 0.29) is 0 Å². The molecule has 20 heavy (non-hydrogen) atoms. The van der Waals surface area contributed by atoms with Gasteiger partial charge in [-0.25, -0.2) is 0 Å². The molecule has 0 aliphatic carbocycles. The summed E-state index contributed by atoms with van der Waals surface area (Å²) in [6, 6.07) is 17.1. The lowest BCUT2D eigenvalue weighted by Gasteiger charge is -2.10. The Morgan fingerprint density at radius 1 is 1.05 bits per heavy atom. The summed E-state index contributed by atoms with van der Waals surface area (Å²) in [5.74, 6) is 0. The van der Waals surface area contributed by atoms with E-state index in [4.69, 9.17) is 0 Å². The lowest BCUT2D eigenvalue weighted by molar-refractivity contribution is 0.724. The Balaban J connectivity index is 1.79. The van der Waals surface area contributed by atoms with Crippen LogP contribution >= 0.6 is 15.9 Å². The predicted octanol–water partition coefficient (Wildman–Crippen LogP) is 5.04. The van der Waals surface area contributed by atoms with Crippen LogP contribution in [0.5, 0.6) is 0 Å². The lowest BCUT2D eigenvalue weighted by atomic mass is 10.1. The second kappa shape index (κ2) is 5.71. The average molecular weight is 329 g/mol. The third-order valence-electron chi connectivity index (χ3n) is 3.54. The van der Waals surface area contributed by atoms with Gasteiger partial charge >= 0.3 is 0 Å². The number of hydrogen-bond donors (Lipinski definition) is 1. The molecule has 0 amide bonds. The molecular formula is C17H17BrN2. The van der Waals surface area contributed by atoms with Crippen LogP contribution in [0.2, 0.25) is 0 Å². The van der Waals surface area contributed by atoms with Gasteiger partial charge in [0.25, 0.3) is 0 Å². The zero-order chi connectivity index (χ0) is 13.9. The van der Waals surface area contributed by atoms with Crippen molar-refractivity contribution < 1.29 is 0 Å². The van der Waals surface area contributed by atoms with Crippen molar-refractivity contribution in [2.24, 2.45) is 0 Å². The van der Waals surface area contributed by atoms with Crippen LogP contribution in [0.15, 0.2) is 59.2 Å². The van der Waals surface area contributed by atoms with Crippen LogP contribution in [-0.4, -0.2) is 4.57 Å². The zero-order valence-electron chi connectivity index (χ0n) is 11.4. The standard InChI is InChI=1S/C17H17BrN2/c1-2-20-9-3-4-17(20)12-19-16-8-6-13-10-15(18)7-5-14(13)11-16/h3-11,19H,2,12H2,1H3. The van der Waals surface area contributed by atoms with E-state index in [0.717, 1.165) is 23.2 Å². The molecule has 3 aromatic rings. The van der Waals surface area contributed by atoms with E-state index in [9.17, 15) is 0 Å². The van der Waals surface area contributed by atoms with E-state index in [2.05, 4.69) is 87.5 Å².